The molecule has 98 valence electrons. The molecule has 0 atom stereocenters. The van der Waals surface area contributed by atoms with Crippen LogP contribution >= 0.6 is 0 Å². The van der Waals surface area contributed by atoms with Gasteiger partial charge in [0.05, 0.1) is 33.1 Å². The summed E-state index contributed by atoms with van der Waals surface area (Å²) in [6.45, 7) is 0. The fourth-order valence-electron chi connectivity index (χ4n) is 1.31. The maximum absolute atomic E-state index is 5.23. The molecule has 0 fully saturated rings. The minimum atomic E-state index is -0.127. The maximum atomic E-state index is 5.23. The molecule has 0 aliphatic carbocycles. The number of hydrogen-bond acceptors (Lipinski definition) is 5. The lowest BCUT2D eigenvalue weighted by Gasteiger charge is -2.11. The van der Waals surface area contributed by atoms with E-state index in [1.807, 2.05) is 0 Å². The molecular formula is C11H16N4O3. The van der Waals surface area contributed by atoms with E-state index in [4.69, 9.17) is 25.7 Å². The van der Waals surface area contributed by atoms with Crippen LogP contribution in [0.4, 0.5) is 0 Å². The molecule has 0 heterocycles. The Balaban J connectivity index is 3.22. The molecule has 0 radical (unpaired) electrons. The number of nitrogens with zero attached hydrogens (tertiary/aromatic N) is 2. The second-order valence-corrected chi connectivity index (χ2v) is 3.22. The Bertz CT molecular complexity index is 442. The lowest BCUT2D eigenvalue weighted by molar-refractivity contribution is 0.374. The van der Waals surface area contributed by atoms with Crippen LogP contribution in [0.15, 0.2) is 22.3 Å². The first-order valence-corrected chi connectivity index (χ1v) is 5.04. The van der Waals surface area contributed by atoms with E-state index in [-0.39, 0.29) is 5.96 Å². The minimum Gasteiger partial charge on any atom is -0.496 e. The summed E-state index contributed by atoms with van der Waals surface area (Å²) in [7, 11) is 4.62. The molecular weight excluding hydrogens is 236 g/mol. The first-order valence-electron chi connectivity index (χ1n) is 5.04. The highest BCUT2D eigenvalue weighted by molar-refractivity contribution is 5.88. The Morgan fingerprint density at radius 1 is 1.06 bits per heavy atom. The van der Waals surface area contributed by atoms with Crippen molar-refractivity contribution in [1.29, 1.82) is 0 Å². The van der Waals surface area contributed by atoms with Crippen molar-refractivity contribution in [2.75, 3.05) is 21.3 Å². The molecule has 0 amide bonds. The van der Waals surface area contributed by atoms with Crippen LogP contribution in [0.5, 0.6) is 17.2 Å². The molecule has 0 saturated heterocycles. The molecule has 18 heavy (non-hydrogen) atoms. The molecule has 1 aromatic carbocycles. The second-order valence-electron chi connectivity index (χ2n) is 3.22. The monoisotopic (exact) mass is 252 g/mol. The molecule has 7 nitrogen and oxygen atoms in total. The van der Waals surface area contributed by atoms with Gasteiger partial charge in [-0.15, -0.1) is 5.10 Å². The topological polar surface area (TPSA) is 104 Å². The third-order valence-corrected chi connectivity index (χ3v) is 2.11. The molecule has 0 unspecified atom stereocenters. The molecule has 1 rings (SSSR count). The lowest BCUT2D eigenvalue weighted by Crippen LogP contribution is -2.21. The summed E-state index contributed by atoms with van der Waals surface area (Å²) in [5, 5.41) is 7.24. The zero-order valence-electron chi connectivity index (χ0n) is 10.5. The van der Waals surface area contributed by atoms with Crippen molar-refractivity contribution in [3.8, 4) is 17.2 Å². The number of ether oxygens (including phenoxy) is 3. The Hall–Kier alpha value is -2.44. The van der Waals surface area contributed by atoms with Gasteiger partial charge in [0.25, 0.3) is 0 Å². The van der Waals surface area contributed by atoms with E-state index in [0.717, 1.165) is 0 Å². The van der Waals surface area contributed by atoms with Crippen molar-refractivity contribution in [2.45, 2.75) is 0 Å². The molecule has 0 aliphatic heterocycles. The average molecular weight is 252 g/mol. The van der Waals surface area contributed by atoms with Crippen LogP contribution in [0.1, 0.15) is 5.56 Å². The van der Waals surface area contributed by atoms with Gasteiger partial charge >= 0.3 is 0 Å². The minimum absolute atomic E-state index is 0.127. The number of hydrogen-bond donors (Lipinski definition) is 2. The van der Waals surface area contributed by atoms with Crippen molar-refractivity contribution >= 4 is 12.2 Å². The van der Waals surface area contributed by atoms with Gasteiger partial charge < -0.3 is 25.7 Å². The van der Waals surface area contributed by atoms with Gasteiger partial charge in [0.1, 0.15) is 17.2 Å². The number of guanidine groups is 1. The Morgan fingerprint density at radius 3 is 2.00 bits per heavy atom. The van der Waals surface area contributed by atoms with Crippen molar-refractivity contribution in [1.82, 2.24) is 0 Å². The summed E-state index contributed by atoms with van der Waals surface area (Å²) in [4.78, 5) is 0. The maximum Gasteiger partial charge on any atom is 0.211 e. The zero-order valence-corrected chi connectivity index (χ0v) is 10.5. The summed E-state index contributed by atoms with van der Waals surface area (Å²) in [5.41, 5.74) is 11.0. The summed E-state index contributed by atoms with van der Waals surface area (Å²) in [5.74, 6) is 1.57. The smallest absolute Gasteiger partial charge is 0.211 e. The lowest BCUT2D eigenvalue weighted by atomic mass is 10.2. The van der Waals surface area contributed by atoms with Crippen LogP contribution in [0.2, 0.25) is 0 Å². The van der Waals surface area contributed by atoms with Gasteiger partial charge in [0.2, 0.25) is 5.96 Å². The number of methoxy groups -OCH3 is 3. The first-order chi connectivity index (χ1) is 8.62. The van der Waals surface area contributed by atoms with Gasteiger partial charge in [-0.3, -0.25) is 0 Å². The summed E-state index contributed by atoms with van der Waals surface area (Å²) in [6, 6.07) is 3.42. The van der Waals surface area contributed by atoms with E-state index in [0.29, 0.717) is 22.8 Å². The standard InChI is InChI=1S/C11H16N4O3/c1-16-7-4-9(17-2)8(10(5-7)18-3)6-14-15-11(12)13/h4-6H,1-3H3,(H4,12,13,15)/b14-6-. The third-order valence-electron chi connectivity index (χ3n) is 2.11. The van der Waals surface area contributed by atoms with Crippen molar-refractivity contribution in [3.05, 3.63) is 17.7 Å². The van der Waals surface area contributed by atoms with Gasteiger partial charge in [-0.2, -0.15) is 5.10 Å². The summed E-state index contributed by atoms with van der Waals surface area (Å²) < 4.78 is 15.6. The van der Waals surface area contributed by atoms with E-state index in [1.165, 1.54) is 20.4 Å². The van der Waals surface area contributed by atoms with Crippen LogP contribution in [-0.2, 0) is 0 Å². The predicted molar refractivity (Wildman–Crippen MR) is 69.5 cm³/mol. The average Bonchev–Trinajstić information content (AvgIpc) is 2.37. The van der Waals surface area contributed by atoms with E-state index >= 15 is 0 Å². The highest BCUT2D eigenvalue weighted by atomic mass is 16.5. The molecule has 0 aliphatic rings. The van der Waals surface area contributed by atoms with Gasteiger partial charge in [-0.05, 0) is 0 Å². The molecule has 1 aromatic rings. The highest BCUT2D eigenvalue weighted by Crippen LogP contribution is 2.32. The Morgan fingerprint density at radius 2 is 1.61 bits per heavy atom. The second kappa shape index (κ2) is 6.33. The molecule has 0 saturated carbocycles. The third kappa shape index (κ3) is 3.27. The molecule has 0 bridgehead atoms. The fourth-order valence-corrected chi connectivity index (χ4v) is 1.31. The SMILES string of the molecule is COc1cc(OC)c(/C=N\N=C(N)N)c(OC)c1. The van der Waals surface area contributed by atoms with E-state index in [9.17, 15) is 0 Å². The normalized spacial score (nSPS) is 10.2. The van der Waals surface area contributed by atoms with Crippen LogP contribution in [0.25, 0.3) is 0 Å². The molecule has 7 heteroatoms. The first kappa shape index (κ1) is 13.6. The van der Waals surface area contributed by atoms with Crippen LogP contribution < -0.4 is 25.7 Å². The van der Waals surface area contributed by atoms with Gasteiger partial charge in [0.15, 0.2) is 0 Å². The molecule has 0 spiro atoms. The van der Waals surface area contributed by atoms with E-state index in [2.05, 4.69) is 10.2 Å². The Kier molecular flexibility index (Phi) is 4.79. The fraction of sp³-hybridized carbons (Fsp3) is 0.273. The van der Waals surface area contributed by atoms with Crippen molar-refractivity contribution < 1.29 is 14.2 Å². The van der Waals surface area contributed by atoms with Crippen LogP contribution in [0.3, 0.4) is 0 Å². The van der Waals surface area contributed by atoms with Crippen molar-refractivity contribution in [2.24, 2.45) is 21.7 Å². The van der Waals surface area contributed by atoms with Gasteiger partial charge in [0, 0.05) is 12.1 Å². The largest absolute Gasteiger partial charge is 0.496 e. The molecule has 4 N–H and O–H groups in total. The summed E-state index contributed by atoms with van der Waals surface area (Å²) in [6.07, 6.45) is 1.44. The van der Waals surface area contributed by atoms with Gasteiger partial charge in [-0.1, -0.05) is 0 Å². The molecule has 0 aromatic heterocycles. The van der Waals surface area contributed by atoms with E-state index < -0.39 is 0 Å². The van der Waals surface area contributed by atoms with Crippen LogP contribution in [0, 0.1) is 0 Å². The predicted octanol–water partition coefficient (Wildman–Crippen LogP) is 0.320. The van der Waals surface area contributed by atoms with E-state index in [1.54, 1.807) is 19.2 Å². The van der Waals surface area contributed by atoms with Gasteiger partial charge in [-0.25, -0.2) is 0 Å². The summed E-state index contributed by atoms with van der Waals surface area (Å²) >= 11 is 0. The highest BCUT2D eigenvalue weighted by Gasteiger charge is 2.11. The number of rotatable bonds is 5. The number of benzene rings is 1. The Labute approximate surface area is 105 Å². The van der Waals surface area contributed by atoms with Crippen LogP contribution in [-0.4, -0.2) is 33.5 Å². The quantitative estimate of drug-likeness (QED) is 0.446. The van der Waals surface area contributed by atoms with Crippen molar-refractivity contribution in [3.63, 3.8) is 0 Å². The number of nitrogens with two attached hydrogens (primary N) is 2. The zero-order chi connectivity index (χ0) is 13.5.